The van der Waals surface area contributed by atoms with Crippen molar-refractivity contribution in [3.63, 3.8) is 0 Å². The van der Waals surface area contributed by atoms with E-state index in [0.717, 1.165) is 89.4 Å². The van der Waals surface area contributed by atoms with Crippen LogP contribution in [0.2, 0.25) is 0 Å². The van der Waals surface area contributed by atoms with E-state index in [9.17, 15) is 0 Å². The zero-order chi connectivity index (χ0) is 58.3. The van der Waals surface area contributed by atoms with Gasteiger partial charge in [-0.25, -0.2) is 8.78 Å². The summed E-state index contributed by atoms with van der Waals surface area (Å²) in [6.45, 7) is 12.5. The molecule has 0 radical (unpaired) electrons. The van der Waals surface area contributed by atoms with E-state index in [1.54, 1.807) is 24.3 Å². The van der Waals surface area contributed by atoms with E-state index in [1.807, 2.05) is 109 Å². The smallest absolute Gasteiger partial charge is 0.127 e. The molecular formula is C81H57F2NO2. The van der Waals surface area contributed by atoms with Gasteiger partial charge >= 0.3 is 0 Å². The van der Waals surface area contributed by atoms with E-state index >= 15 is 8.78 Å². The van der Waals surface area contributed by atoms with Gasteiger partial charge in [-0.2, -0.15) is 0 Å². The van der Waals surface area contributed by atoms with Gasteiger partial charge in [0.15, 0.2) is 0 Å². The first-order valence-corrected chi connectivity index (χ1v) is 29.2. The van der Waals surface area contributed by atoms with Crippen molar-refractivity contribution in [3.8, 4) is 56.4 Å². The molecule has 2 atom stereocenters. The molecule has 0 amide bonds. The van der Waals surface area contributed by atoms with Gasteiger partial charge in [0.1, 0.15) is 34.6 Å². The van der Waals surface area contributed by atoms with Gasteiger partial charge in [-0.15, -0.1) is 0 Å². The van der Waals surface area contributed by atoms with Crippen LogP contribution in [0.4, 0.5) is 25.8 Å². The average molecular weight is 1110 g/mol. The highest BCUT2D eigenvalue weighted by Gasteiger charge is 2.50. The number of benzene rings is 12. The van der Waals surface area contributed by atoms with Crippen molar-refractivity contribution in [2.75, 3.05) is 4.90 Å². The second-order valence-corrected chi connectivity index (χ2v) is 23.0. The molecule has 0 aliphatic heterocycles. The highest BCUT2D eigenvalue weighted by molar-refractivity contribution is 5.95. The molecule has 3 nitrogen and oxygen atoms in total. The molecule has 0 saturated heterocycles. The number of rotatable bonds is 13. The van der Waals surface area contributed by atoms with Gasteiger partial charge in [0.05, 0.1) is 16.5 Å². The van der Waals surface area contributed by atoms with Crippen LogP contribution in [-0.2, 0) is 16.2 Å². The molecule has 5 heteroatoms. The Bertz CT molecular complexity index is 4430. The third kappa shape index (κ3) is 7.92. The van der Waals surface area contributed by atoms with E-state index in [4.69, 9.17) is 9.47 Å². The minimum absolute atomic E-state index is 0.315. The number of fused-ring (bicyclic) bond motifs is 9. The number of ether oxygens (including phenoxy) is 2. The van der Waals surface area contributed by atoms with Crippen LogP contribution in [0.25, 0.3) is 45.5 Å². The van der Waals surface area contributed by atoms with Gasteiger partial charge in [0.2, 0.25) is 0 Å². The summed E-state index contributed by atoms with van der Waals surface area (Å²) in [7, 11) is 0. The Hall–Kier alpha value is -10.6. The van der Waals surface area contributed by atoms with Gasteiger partial charge in [0, 0.05) is 27.9 Å². The highest BCUT2D eigenvalue weighted by Crippen LogP contribution is 2.62. The number of anilines is 3. The van der Waals surface area contributed by atoms with Gasteiger partial charge in [-0.05, 0) is 180 Å². The van der Waals surface area contributed by atoms with E-state index < -0.39 is 16.2 Å². The normalized spacial score (nSPS) is 16.2. The van der Waals surface area contributed by atoms with Crippen molar-refractivity contribution < 1.29 is 18.3 Å². The van der Waals surface area contributed by atoms with Crippen LogP contribution in [0.5, 0.6) is 23.0 Å². The topological polar surface area (TPSA) is 21.7 Å². The first-order chi connectivity index (χ1) is 42.1. The fraction of sp³-hybridized carbons (Fsp3) is 0.0617. The van der Waals surface area contributed by atoms with Crippen molar-refractivity contribution in [1.82, 2.24) is 0 Å². The van der Waals surface area contributed by atoms with Crippen LogP contribution in [0.15, 0.2) is 286 Å². The Morgan fingerprint density at radius 2 is 0.686 bits per heavy atom. The lowest BCUT2D eigenvalue weighted by molar-refractivity contribution is 0.482. The molecule has 0 spiro atoms. The van der Waals surface area contributed by atoms with Crippen LogP contribution in [0, 0.1) is 11.6 Å². The van der Waals surface area contributed by atoms with E-state index in [-0.39, 0.29) is 11.6 Å². The predicted molar refractivity (Wildman–Crippen MR) is 346 cm³/mol. The quantitative estimate of drug-likeness (QED) is 0.115. The monoisotopic (exact) mass is 1110 g/mol. The molecule has 0 N–H and O–H groups in total. The van der Waals surface area contributed by atoms with Crippen LogP contribution in [0.1, 0.15) is 80.6 Å². The van der Waals surface area contributed by atoms with Gasteiger partial charge < -0.3 is 14.4 Å². The summed E-state index contributed by atoms with van der Waals surface area (Å²) in [6.07, 6.45) is 3.62. The number of hydrogen-bond donors (Lipinski definition) is 0. The molecule has 3 aliphatic carbocycles. The summed E-state index contributed by atoms with van der Waals surface area (Å²) < 4.78 is 47.7. The fourth-order valence-corrected chi connectivity index (χ4v) is 14.5. The third-order valence-electron chi connectivity index (χ3n) is 18.2. The standard InChI is InChI=1S/C81H57F2NO2/c1-5-52-30-40-58(41-31-52)85-60-44-34-54(35-45-60)80(71-25-13-15-27-75(71)82)69-23-11-8-18-62(69)65-48-38-56(50-73(65)80)84(77-29-17-21-67-64-20-7-10-22-68(64)79(3,4)78(67)77)57-39-49-66-63-19-9-12-24-70(63)81(74(66)51-57,72-26-14-16-28-76(72)83)55-36-46-61(47-37-55)86-59-42-32-53(6-2)33-43-59/h5-51H,1-2H2,3-4H3. The summed E-state index contributed by atoms with van der Waals surface area (Å²) >= 11 is 0. The molecular weight excluding hydrogens is 1060 g/mol. The molecule has 0 fully saturated rings. The molecule has 3 aliphatic rings. The molecule has 2 unspecified atom stereocenters. The molecule has 412 valence electrons. The van der Waals surface area contributed by atoms with E-state index in [1.165, 1.54) is 16.7 Å². The lowest BCUT2D eigenvalue weighted by Gasteiger charge is -2.37. The first-order valence-electron chi connectivity index (χ1n) is 29.2. The molecule has 12 aromatic rings. The second kappa shape index (κ2) is 20.3. The maximum absolute atomic E-state index is 17.4. The number of halogens is 2. The number of hydrogen-bond acceptors (Lipinski definition) is 3. The lowest BCUT2D eigenvalue weighted by Crippen LogP contribution is -2.30. The summed E-state index contributed by atoms with van der Waals surface area (Å²) in [5.74, 6) is 2.07. The highest BCUT2D eigenvalue weighted by atomic mass is 19.1. The molecule has 0 saturated carbocycles. The average Bonchev–Trinajstić information content (AvgIpc) is 1.53. The largest absolute Gasteiger partial charge is 0.457 e. The van der Waals surface area contributed by atoms with Crippen molar-refractivity contribution in [3.05, 3.63) is 365 Å². The van der Waals surface area contributed by atoms with E-state index in [0.29, 0.717) is 34.1 Å². The second-order valence-electron chi connectivity index (χ2n) is 23.0. The van der Waals surface area contributed by atoms with Crippen molar-refractivity contribution in [2.24, 2.45) is 0 Å². The Morgan fingerprint density at radius 3 is 1.10 bits per heavy atom. The summed E-state index contributed by atoms with van der Waals surface area (Å²) in [4.78, 5) is 2.39. The van der Waals surface area contributed by atoms with Crippen molar-refractivity contribution in [1.29, 1.82) is 0 Å². The third-order valence-corrected chi connectivity index (χ3v) is 18.2. The Morgan fingerprint density at radius 1 is 0.337 bits per heavy atom. The molecule has 0 aromatic heterocycles. The van der Waals surface area contributed by atoms with E-state index in [2.05, 4.69) is 184 Å². The predicted octanol–water partition coefficient (Wildman–Crippen LogP) is 21.3. The minimum atomic E-state index is -1.12. The first kappa shape index (κ1) is 52.2. The van der Waals surface area contributed by atoms with Crippen molar-refractivity contribution >= 4 is 29.2 Å². The zero-order valence-corrected chi connectivity index (χ0v) is 47.6. The van der Waals surface area contributed by atoms with Gasteiger partial charge in [-0.1, -0.05) is 221 Å². The SMILES string of the molecule is C=Cc1ccc(Oc2ccc(C3(c4ccccc4F)c4ccccc4-c4ccc(N(c5ccc6c(c5)C(c5ccc(Oc7ccc(C=C)cc7)cc5)(c5ccccc5F)c5ccccc5-6)c5cccc6c5C(C)(C)c5ccccc5-6)cc43)cc2)cc1. The zero-order valence-electron chi connectivity index (χ0n) is 47.6. The summed E-state index contributed by atoms with van der Waals surface area (Å²) in [5, 5.41) is 0. The maximum atomic E-state index is 17.4. The number of nitrogens with zero attached hydrogens (tertiary/aromatic N) is 1. The molecule has 86 heavy (non-hydrogen) atoms. The van der Waals surface area contributed by atoms with Gasteiger partial charge in [0.25, 0.3) is 0 Å². The summed E-state index contributed by atoms with van der Waals surface area (Å²) in [6, 6.07) is 91.9. The Balaban J connectivity index is 0.971. The molecule has 15 rings (SSSR count). The van der Waals surface area contributed by atoms with Crippen molar-refractivity contribution in [2.45, 2.75) is 30.1 Å². The molecule has 0 bridgehead atoms. The van der Waals surface area contributed by atoms with Crippen LogP contribution >= 0.6 is 0 Å². The Labute approximate surface area is 500 Å². The minimum Gasteiger partial charge on any atom is -0.457 e. The summed E-state index contributed by atoms with van der Waals surface area (Å²) in [5.41, 5.74) is 17.6. The van der Waals surface area contributed by atoms with Gasteiger partial charge in [-0.3, -0.25) is 0 Å². The fourth-order valence-electron chi connectivity index (χ4n) is 14.5. The maximum Gasteiger partial charge on any atom is 0.127 e. The van der Waals surface area contributed by atoms with Crippen LogP contribution < -0.4 is 14.4 Å². The Kier molecular flexibility index (Phi) is 12.3. The molecule has 12 aromatic carbocycles. The van der Waals surface area contributed by atoms with Crippen LogP contribution in [0.3, 0.4) is 0 Å². The molecule has 0 heterocycles. The lowest BCUT2D eigenvalue weighted by atomic mass is 9.67. The van der Waals surface area contributed by atoms with Crippen LogP contribution in [-0.4, -0.2) is 0 Å².